The summed E-state index contributed by atoms with van der Waals surface area (Å²) in [6, 6.07) is 5.13. The molecular weight excluding hydrogens is 236 g/mol. The first-order valence-corrected chi connectivity index (χ1v) is 7.38. The second kappa shape index (κ2) is 6.98. The summed E-state index contributed by atoms with van der Waals surface area (Å²) in [4.78, 5) is 9.29. The highest BCUT2D eigenvalue weighted by Gasteiger charge is 2.30. The highest BCUT2D eigenvalue weighted by atomic mass is 15.3. The molecule has 19 heavy (non-hydrogen) atoms. The van der Waals surface area contributed by atoms with Gasteiger partial charge in [-0.2, -0.15) is 0 Å². The first kappa shape index (κ1) is 14.4. The largest absolute Gasteiger partial charge is 0.329 e. The minimum Gasteiger partial charge on any atom is -0.329 e. The number of aromatic nitrogens is 1. The molecule has 4 heteroatoms. The quantitative estimate of drug-likeness (QED) is 0.844. The van der Waals surface area contributed by atoms with Crippen molar-refractivity contribution in [3.05, 3.63) is 30.1 Å². The first-order valence-electron chi connectivity index (χ1n) is 7.38. The van der Waals surface area contributed by atoms with Crippen LogP contribution >= 0.6 is 0 Å². The van der Waals surface area contributed by atoms with E-state index < -0.39 is 0 Å². The van der Waals surface area contributed by atoms with Gasteiger partial charge >= 0.3 is 0 Å². The zero-order valence-corrected chi connectivity index (χ0v) is 12.1. The van der Waals surface area contributed by atoms with Crippen LogP contribution in [-0.4, -0.2) is 53.5 Å². The third kappa shape index (κ3) is 3.32. The predicted octanol–water partition coefficient (Wildman–Crippen LogP) is 1.50. The van der Waals surface area contributed by atoms with Gasteiger partial charge in [-0.05, 0) is 31.1 Å². The van der Waals surface area contributed by atoms with Gasteiger partial charge in [0.05, 0.1) is 0 Å². The molecule has 1 aromatic heterocycles. The molecule has 1 aliphatic rings. The van der Waals surface area contributed by atoms with Crippen LogP contribution in [-0.2, 0) is 0 Å². The molecule has 0 aromatic carbocycles. The summed E-state index contributed by atoms with van der Waals surface area (Å²) in [5.74, 6) is 0. The fourth-order valence-corrected chi connectivity index (χ4v) is 3.16. The molecule has 1 fully saturated rings. The lowest BCUT2D eigenvalue weighted by Gasteiger charge is -2.29. The van der Waals surface area contributed by atoms with Gasteiger partial charge in [0, 0.05) is 44.1 Å². The fraction of sp³-hybridized carbons (Fsp3) is 0.667. The van der Waals surface area contributed by atoms with Crippen molar-refractivity contribution >= 4 is 0 Å². The van der Waals surface area contributed by atoms with Crippen LogP contribution in [0.2, 0.25) is 0 Å². The van der Waals surface area contributed by atoms with Gasteiger partial charge in [-0.15, -0.1) is 0 Å². The number of pyridine rings is 1. The number of nitrogens with two attached hydrogens (primary N) is 1. The SMILES string of the molecule is CCN(CC)C1CCN(C(CN)c2cccnc2)C1. The summed E-state index contributed by atoms with van der Waals surface area (Å²) >= 11 is 0. The number of nitrogens with zero attached hydrogens (tertiary/aromatic N) is 3. The maximum Gasteiger partial charge on any atom is 0.0486 e. The van der Waals surface area contributed by atoms with Gasteiger partial charge in [0.2, 0.25) is 0 Å². The highest BCUT2D eigenvalue weighted by Crippen LogP contribution is 2.25. The van der Waals surface area contributed by atoms with E-state index in [4.69, 9.17) is 5.73 Å². The Bertz CT molecular complexity index is 364. The van der Waals surface area contributed by atoms with E-state index in [9.17, 15) is 0 Å². The average molecular weight is 262 g/mol. The molecule has 0 spiro atoms. The van der Waals surface area contributed by atoms with Gasteiger partial charge in [0.15, 0.2) is 0 Å². The van der Waals surface area contributed by atoms with E-state index in [2.05, 4.69) is 34.7 Å². The lowest BCUT2D eigenvalue weighted by atomic mass is 10.1. The number of hydrogen-bond acceptors (Lipinski definition) is 4. The van der Waals surface area contributed by atoms with Crippen LogP contribution in [0.5, 0.6) is 0 Å². The second-order valence-electron chi connectivity index (χ2n) is 5.20. The van der Waals surface area contributed by atoms with E-state index in [0.717, 1.165) is 26.2 Å². The van der Waals surface area contributed by atoms with E-state index in [1.165, 1.54) is 12.0 Å². The van der Waals surface area contributed by atoms with E-state index in [-0.39, 0.29) is 0 Å². The third-order valence-electron chi connectivity index (χ3n) is 4.26. The van der Waals surface area contributed by atoms with Crippen LogP contribution in [0.25, 0.3) is 0 Å². The van der Waals surface area contributed by atoms with Crippen molar-refractivity contribution in [2.24, 2.45) is 5.73 Å². The van der Waals surface area contributed by atoms with Crippen molar-refractivity contribution in [1.29, 1.82) is 0 Å². The molecule has 1 aromatic rings. The molecule has 0 aliphatic carbocycles. The van der Waals surface area contributed by atoms with Gasteiger partial charge in [0.1, 0.15) is 0 Å². The highest BCUT2D eigenvalue weighted by molar-refractivity contribution is 5.15. The number of hydrogen-bond donors (Lipinski definition) is 1. The van der Waals surface area contributed by atoms with E-state index in [1.54, 1.807) is 0 Å². The minimum absolute atomic E-state index is 0.314. The molecule has 0 amide bonds. The third-order valence-corrected chi connectivity index (χ3v) is 4.26. The Labute approximate surface area is 116 Å². The van der Waals surface area contributed by atoms with E-state index >= 15 is 0 Å². The van der Waals surface area contributed by atoms with Crippen LogP contribution in [0.1, 0.15) is 31.9 Å². The molecule has 2 rings (SSSR count). The van der Waals surface area contributed by atoms with Crippen molar-refractivity contribution in [3.8, 4) is 0 Å². The number of likely N-dealkylation sites (tertiary alicyclic amines) is 1. The molecule has 0 saturated carbocycles. The van der Waals surface area contributed by atoms with Crippen LogP contribution in [0.4, 0.5) is 0 Å². The van der Waals surface area contributed by atoms with Crippen molar-refractivity contribution in [2.75, 3.05) is 32.7 Å². The molecule has 106 valence electrons. The predicted molar refractivity (Wildman–Crippen MR) is 78.9 cm³/mol. The molecule has 4 nitrogen and oxygen atoms in total. The summed E-state index contributed by atoms with van der Waals surface area (Å²) < 4.78 is 0. The van der Waals surface area contributed by atoms with E-state index in [0.29, 0.717) is 18.6 Å². The standard InChI is InChI=1S/C15H26N4/c1-3-18(4-2)14-7-9-19(12-14)15(10-16)13-6-5-8-17-11-13/h5-6,8,11,14-15H,3-4,7,9-10,12,16H2,1-2H3. The lowest BCUT2D eigenvalue weighted by molar-refractivity contribution is 0.189. The Morgan fingerprint density at radius 2 is 2.26 bits per heavy atom. The van der Waals surface area contributed by atoms with Gasteiger partial charge in [-0.25, -0.2) is 0 Å². The Morgan fingerprint density at radius 3 is 2.84 bits per heavy atom. The zero-order chi connectivity index (χ0) is 13.7. The van der Waals surface area contributed by atoms with Crippen molar-refractivity contribution in [3.63, 3.8) is 0 Å². The topological polar surface area (TPSA) is 45.4 Å². The summed E-state index contributed by atoms with van der Waals surface area (Å²) in [6.07, 6.45) is 5.01. The minimum atomic E-state index is 0.314. The average Bonchev–Trinajstić information content (AvgIpc) is 2.92. The summed E-state index contributed by atoms with van der Waals surface area (Å²) in [5, 5.41) is 0. The van der Waals surface area contributed by atoms with Gasteiger partial charge < -0.3 is 5.73 Å². The summed E-state index contributed by atoms with van der Waals surface area (Å²) in [5.41, 5.74) is 7.23. The van der Waals surface area contributed by atoms with Crippen LogP contribution < -0.4 is 5.73 Å². The number of rotatable bonds is 6. The molecule has 2 N–H and O–H groups in total. The van der Waals surface area contributed by atoms with Crippen molar-refractivity contribution in [2.45, 2.75) is 32.4 Å². The maximum atomic E-state index is 5.99. The molecule has 1 saturated heterocycles. The molecular formula is C15H26N4. The molecule has 1 aliphatic heterocycles. The Morgan fingerprint density at radius 1 is 1.47 bits per heavy atom. The maximum absolute atomic E-state index is 5.99. The molecule has 2 atom stereocenters. The van der Waals surface area contributed by atoms with Crippen LogP contribution in [0.15, 0.2) is 24.5 Å². The second-order valence-corrected chi connectivity index (χ2v) is 5.20. The normalized spacial score (nSPS) is 22.0. The molecule has 2 unspecified atom stereocenters. The van der Waals surface area contributed by atoms with Crippen LogP contribution in [0, 0.1) is 0 Å². The fourth-order valence-electron chi connectivity index (χ4n) is 3.16. The van der Waals surface area contributed by atoms with Crippen LogP contribution in [0.3, 0.4) is 0 Å². The van der Waals surface area contributed by atoms with Gasteiger partial charge in [-0.1, -0.05) is 19.9 Å². The summed E-state index contributed by atoms with van der Waals surface area (Å²) in [7, 11) is 0. The van der Waals surface area contributed by atoms with Gasteiger partial charge in [-0.3, -0.25) is 14.8 Å². The Kier molecular flexibility index (Phi) is 5.31. The van der Waals surface area contributed by atoms with E-state index in [1.807, 2.05) is 18.5 Å². The van der Waals surface area contributed by atoms with Crippen molar-refractivity contribution < 1.29 is 0 Å². The number of likely N-dealkylation sites (N-methyl/N-ethyl adjacent to an activating group) is 1. The lowest BCUT2D eigenvalue weighted by Crippen LogP contribution is -2.39. The zero-order valence-electron chi connectivity index (χ0n) is 12.1. The molecule has 2 heterocycles. The van der Waals surface area contributed by atoms with Gasteiger partial charge in [0.25, 0.3) is 0 Å². The summed E-state index contributed by atoms with van der Waals surface area (Å²) in [6.45, 7) is 9.68. The molecule has 0 radical (unpaired) electrons. The van der Waals surface area contributed by atoms with Crippen molar-refractivity contribution in [1.82, 2.24) is 14.8 Å². The molecule has 0 bridgehead atoms. The smallest absolute Gasteiger partial charge is 0.0486 e. The Balaban J connectivity index is 2.02. The monoisotopic (exact) mass is 262 g/mol. The Hall–Kier alpha value is -0.970. The first-order chi connectivity index (χ1) is 9.30.